The van der Waals surface area contributed by atoms with Crippen LogP contribution >= 0.6 is 22.9 Å². The number of nitrogens with zero attached hydrogens (tertiary/aromatic N) is 3. The molecule has 2 aromatic carbocycles. The molecular formula is C29H24ClN3O7S. The van der Waals surface area contributed by atoms with Gasteiger partial charge in [-0.3, -0.25) is 19.5 Å². The van der Waals surface area contributed by atoms with Crippen LogP contribution in [0, 0.1) is 10.1 Å². The number of carbonyl (C=O) groups is 1. The third-order valence-corrected chi connectivity index (χ3v) is 7.57. The highest BCUT2D eigenvalue weighted by Gasteiger charge is 2.33. The zero-order valence-corrected chi connectivity index (χ0v) is 24.0. The van der Waals surface area contributed by atoms with Crippen LogP contribution in [0.1, 0.15) is 38.1 Å². The molecule has 10 nitrogen and oxygen atoms in total. The number of fused-ring (bicyclic) bond motifs is 1. The smallest absolute Gasteiger partial charge is 0.338 e. The van der Waals surface area contributed by atoms with E-state index in [4.69, 9.17) is 25.5 Å². The summed E-state index contributed by atoms with van der Waals surface area (Å²) >= 11 is 7.28. The van der Waals surface area contributed by atoms with Crippen molar-refractivity contribution in [3.05, 3.63) is 112 Å². The van der Waals surface area contributed by atoms with E-state index in [1.54, 1.807) is 69.3 Å². The molecule has 0 N–H and O–H groups in total. The van der Waals surface area contributed by atoms with E-state index < -0.39 is 16.9 Å². The molecule has 5 rings (SSSR count). The highest BCUT2D eigenvalue weighted by atomic mass is 35.5. The number of benzene rings is 2. The van der Waals surface area contributed by atoms with Crippen LogP contribution in [0.15, 0.2) is 80.1 Å². The lowest BCUT2D eigenvalue weighted by atomic mass is 9.96. The number of nitro benzene ring substituents is 1. The van der Waals surface area contributed by atoms with Crippen molar-refractivity contribution in [2.75, 3.05) is 7.11 Å². The molecular weight excluding hydrogens is 570 g/mol. The normalized spacial score (nSPS) is 15.1. The molecule has 0 saturated carbocycles. The van der Waals surface area contributed by atoms with E-state index in [9.17, 15) is 19.7 Å². The van der Waals surface area contributed by atoms with Crippen molar-refractivity contribution in [1.29, 1.82) is 0 Å². The maximum Gasteiger partial charge on any atom is 0.338 e. The van der Waals surface area contributed by atoms with Gasteiger partial charge in [-0.25, -0.2) is 9.79 Å². The number of esters is 1. The van der Waals surface area contributed by atoms with Gasteiger partial charge in [-0.1, -0.05) is 35.1 Å². The van der Waals surface area contributed by atoms with Gasteiger partial charge in [-0.15, -0.1) is 0 Å². The number of carbonyl (C=O) groups excluding carboxylic acids is 1. The van der Waals surface area contributed by atoms with E-state index in [1.165, 1.54) is 23.8 Å². The average Bonchev–Trinajstić information content (AvgIpc) is 3.51. The van der Waals surface area contributed by atoms with Crippen LogP contribution in [-0.2, 0) is 9.53 Å². The summed E-state index contributed by atoms with van der Waals surface area (Å²) < 4.78 is 18.6. The van der Waals surface area contributed by atoms with Crippen molar-refractivity contribution in [3.8, 4) is 17.1 Å². The molecule has 0 radical (unpaired) electrons. The summed E-state index contributed by atoms with van der Waals surface area (Å²) in [5.74, 6) is 0.509. The van der Waals surface area contributed by atoms with Crippen molar-refractivity contribution in [2.45, 2.75) is 32.9 Å². The Labute approximate surface area is 242 Å². The first-order chi connectivity index (χ1) is 19.6. The number of aromatic nitrogens is 1. The summed E-state index contributed by atoms with van der Waals surface area (Å²) in [6, 6.07) is 13.7. The SMILES string of the molecule is COc1cc([N+](=O)[O-])ccc1-c1ccc(C=c2sc3n(c2=O)C(c2ccc(Cl)cc2)C(C(=O)OC(C)C)=C(C)N=3)o1. The standard InChI is InChI=1S/C29H24ClN3O7S/c1-15(2)39-28(35)25-16(3)31-29-32(26(25)17-5-7-18(30)8-6-17)27(34)24(41-29)14-20-10-12-22(40-20)21-11-9-19(33(36)37)13-23(21)38-4/h5-15,26H,1-4H3. The molecule has 41 heavy (non-hydrogen) atoms. The summed E-state index contributed by atoms with van der Waals surface area (Å²) in [5, 5.41) is 11.7. The Kier molecular flexibility index (Phi) is 7.65. The van der Waals surface area contributed by atoms with Gasteiger partial charge in [0.25, 0.3) is 11.2 Å². The van der Waals surface area contributed by atoms with E-state index in [2.05, 4.69) is 4.99 Å². The summed E-state index contributed by atoms with van der Waals surface area (Å²) in [7, 11) is 1.41. The number of halogens is 1. The predicted molar refractivity (Wildman–Crippen MR) is 154 cm³/mol. The molecule has 12 heteroatoms. The summed E-state index contributed by atoms with van der Waals surface area (Å²) in [5.41, 5.74) is 1.45. The fourth-order valence-electron chi connectivity index (χ4n) is 4.52. The van der Waals surface area contributed by atoms with Gasteiger partial charge in [-0.2, -0.15) is 0 Å². The highest BCUT2D eigenvalue weighted by molar-refractivity contribution is 7.07. The average molecular weight is 594 g/mol. The van der Waals surface area contributed by atoms with Crippen LogP contribution in [0.2, 0.25) is 5.02 Å². The number of thiazole rings is 1. The van der Waals surface area contributed by atoms with E-state index in [0.717, 1.165) is 11.3 Å². The van der Waals surface area contributed by atoms with Gasteiger partial charge >= 0.3 is 5.97 Å². The molecule has 0 saturated heterocycles. The van der Waals surface area contributed by atoms with Crippen molar-refractivity contribution < 1.29 is 23.6 Å². The monoisotopic (exact) mass is 593 g/mol. The molecule has 3 heterocycles. The molecule has 1 aliphatic rings. The molecule has 0 amide bonds. The molecule has 0 spiro atoms. The lowest BCUT2D eigenvalue weighted by Crippen LogP contribution is -2.40. The van der Waals surface area contributed by atoms with Gasteiger partial charge in [-0.05, 0) is 56.7 Å². The van der Waals surface area contributed by atoms with Gasteiger partial charge in [0.05, 0.1) is 51.6 Å². The summed E-state index contributed by atoms with van der Waals surface area (Å²) in [6.07, 6.45) is 1.23. The molecule has 4 aromatic rings. The number of ether oxygens (including phenoxy) is 2. The van der Waals surface area contributed by atoms with Crippen LogP contribution in [0.25, 0.3) is 17.4 Å². The second kappa shape index (κ2) is 11.2. The van der Waals surface area contributed by atoms with Gasteiger partial charge in [0, 0.05) is 17.2 Å². The number of hydrogen-bond acceptors (Lipinski definition) is 9. The highest BCUT2D eigenvalue weighted by Crippen LogP contribution is 2.35. The minimum Gasteiger partial charge on any atom is -0.496 e. The second-order valence-electron chi connectivity index (χ2n) is 9.43. The third-order valence-electron chi connectivity index (χ3n) is 6.33. The minimum atomic E-state index is -0.770. The fraction of sp³-hybridized carbons (Fsp3) is 0.207. The molecule has 0 aliphatic carbocycles. The third kappa shape index (κ3) is 5.46. The van der Waals surface area contributed by atoms with Crippen molar-refractivity contribution in [1.82, 2.24) is 4.57 Å². The molecule has 1 unspecified atom stereocenters. The lowest BCUT2D eigenvalue weighted by Gasteiger charge is -2.25. The van der Waals surface area contributed by atoms with Gasteiger partial charge in [0.1, 0.15) is 17.3 Å². The maximum atomic E-state index is 13.8. The molecule has 1 aliphatic heterocycles. The Hall–Kier alpha value is -4.48. The molecule has 210 valence electrons. The fourth-order valence-corrected chi connectivity index (χ4v) is 5.67. The number of allylic oxidation sites excluding steroid dienone is 1. The largest absolute Gasteiger partial charge is 0.496 e. The first-order valence-corrected chi connectivity index (χ1v) is 13.7. The topological polar surface area (TPSA) is 126 Å². The maximum absolute atomic E-state index is 13.8. The second-order valence-corrected chi connectivity index (χ2v) is 10.9. The van der Waals surface area contributed by atoms with E-state index in [0.29, 0.717) is 42.7 Å². The number of non-ortho nitro benzene ring substituents is 1. The number of methoxy groups -OCH3 is 1. The zero-order chi connectivity index (χ0) is 29.4. The zero-order valence-electron chi connectivity index (χ0n) is 22.4. The van der Waals surface area contributed by atoms with Crippen LogP contribution in [0.5, 0.6) is 5.75 Å². The Morgan fingerprint density at radius 2 is 1.93 bits per heavy atom. The molecule has 0 fully saturated rings. The lowest BCUT2D eigenvalue weighted by molar-refractivity contribution is -0.384. The van der Waals surface area contributed by atoms with E-state index in [1.807, 2.05) is 0 Å². The minimum absolute atomic E-state index is 0.110. The number of rotatable bonds is 7. The molecule has 1 atom stereocenters. The van der Waals surface area contributed by atoms with Crippen molar-refractivity contribution in [2.24, 2.45) is 4.99 Å². The summed E-state index contributed by atoms with van der Waals surface area (Å²) in [6.45, 7) is 5.22. The van der Waals surface area contributed by atoms with E-state index >= 15 is 0 Å². The predicted octanol–water partition coefficient (Wildman–Crippen LogP) is 5.02. The Bertz CT molecular complexity index is 1880. The van der Waals surface area contributed by atoms with Gasteiger partial charge in [0.15, 0.2) is 4.80 Å². The quantitative estimate of drug-likeness (QED) is 0.167. The van der Waals surface area contributed by atoms with E-state index in [-0.39, 0.29) is 28.7 Å². The van der Waals surface area contributed by atoms with Crippen LogP contribution in [0.4, 0.5) is 5.69 Å². The Morgan fingerprint density at radius 1 is 1.20 bits per heavy atom. The van der Waals surface area contributed by atoms with Crippen molar-refractivity contribution in [3.63, 3.8) is 0 Å². The van der Waals surface area contributed by atoms with Crippen molar-refractivity contribution >= 4 is 40.7 Å². The first-order valence-electron chi connectivity index (χ1n) is 12.5. The van der Waals surface area contributed by atoms with Gasteiger partial charge < -0.3 is 13.9 Å². The number of nitro groups is 1. The Morgan fingerprint density at radius 3 is 2.59 bits per heavy atom. The molecule has 0 bridgehead atoms. The first kappa shape index (κ1) is 28.1. The molecule has 2 aromatic heterocycles. The van der Waals surface area contributed by atoms with Crippen LogP contribution in [-0.4, -0.2) is 28.7 Å². The summed E-state index contributed by atoms with van der Waals surface area (Å²) in [4.78, 5) is 42.6. The van der Waals surface area contributed by atoms with Gasteiger partial charge in [0.2, 0.25) is 0 Å². The number of furan rings is 1. The van der Waals surface area contributed by atoms with Crippen LogP contribution < -0.4 is 19.6 Å². The van der Waals surface area contributed by atoms with Crippen LogP contribution in [0.3, 0.4) is 0 Å². The Balaban J connectivity index is 1.61. The number of hydrogen-bond donors (Lipinski definition) is 0.